The zero-order valence-corrected chi connectivity index (χ0v) is 66.0. The summed E-state index contributed by atoms with van der Waals surface area (Å²) in [5, 5.41) is 10.6. The van der Waals surface area contributed by atoms with Crippen LogP contribution in [0.25, 0.3) is 0 Å². The number of aliphatic hydroxyl groups is 1. The Hall–Kier alpha value is -1.94. The maximum absolute atomic E-state index is 13.1. The van der Waals surface area contributed by atoms with Gasteiger partial charge in [0.1, 0.15) is 19.3 Å². The van der Waals surface area contributed by atoms with Gasteiger partial charge in [-0.1, -0.05) is 357 Å². The summed E-state index contributed by atoms with van der Waals surface area (Å²) in [6.45, 7) is 12.0. The van der Waals surface area contributed by atoms with Crippen molar-refractivity contribution in [2.75, 3.05) is 39.6 Å². The topological polar surface area (TPSA) is 237 Å². The van der Waals surface area contributed by atoms with E-state index >= 15 is 0 Å². The number of phosphoric ester groups is 2. The van der Waals surface area contributed by atoms with Crippen LogP contribution in [-0.4, -0.2) is 96.7 Å². The summed E-state index contributed by atoms with van der Waals surface area (Å²) in [6.07, 6.45) is 56.8. The van der Waals surface area contributed by atoms with E-state index < -0.39 is 97.5 Å². The fourth-order valence-electron chi connectivity index (χ4n) is 12.1. The highest BCUT2D eigenvalue weighted by atomic mass is 31.2. The van der Waals surface area contributed by atoms with Crippen LogP contribution in [0.3, 0.4) is 0 Å². The largest absolute Gasteiger partial charge is 0.472 e. The van der Waals surface area contributed by atoms with E-state index in [-0.39, 0.29) is 25.7 Å². The maximum Gasteiger partial charge on any atom is 0.472 e. The molecule has 0 fully saturated rings. The van der Waals surface area contributed by atoms with Gasteiger partial charge in [0, 0.05) is 25.7 Å². The van der Waals surface area contributed by atoms with Crippen LogP contribution >= 0.6 is 15.6 Å². The van der Waals surface area contributed by atoms with Crippen LogP contribution in [0, 0.1) is 17.8 Å². The molecule has 6 atom stereocenters. The minimum atomic E-state index is -4.96. The van der Waals surface area contributed by atoms with Crippen LogP contribution in [0.5, 0.6) is 0 Å². The molecule has 0 bridgehead atoms. The number of phosphoric acid groups is 2. The average Bonchev–Trinajstić information content (AvgIpc) is 1.44. The second kappa shape index (κ2) is 69.4. The Balaban J connectivity index is 5.24. The van der Waals surface area contributed by atoms with Gasteiger partial charge in [-0.15, -0.1) is 0 Å². The minimum Gasteiger partial charge on any atom is -0.462 e. The Bertz CT molecular complexity index is 1910. The molecule has 0 amide bonds. The molecule has 0 aliphatic rings. The van der Waals surface area contributed by atoms with Crippen molar-refractivity contribution in [1.29, 1.82) is 0 Å². The Kier molecular flexibility index (Phi) is 68.1. The predicted molar refractivity (Wildman–Crippen MR) is 400 cm³/mol. The second-order valence-corrected chi connectivity index (χ2v) is 32.6. The van der Waals surface area contributed by atoms with Gasteiger partial charge in [0.2, 0.25) is 0 Å². The van der Waals surface area contributed by atoms with Crippen LogP contribution in [0.1, 0.15) is 408 Å². The Labute approximate surface area is 600 Å². The van der Waals surface area contributed by atoms with Crippen molar-refractivity contribution >= 4 is 39.5 Å². The fraction of sp³-hybridized carbons (Fsp3) is 0.949. The first-order valence-corrected chi connectivity index (χ1v) is 43.9. The van der Waals surface area contributed by atoms with Crippen molar-refractivity contribution in [3.05, 3.63) is 0 Å². The summed E-state index contributed by atoms with van der Waals surface area (Å²) < 4.78 is 68.6. The van der Waals surface area contributed by atoms with Gasteiger partial charge in [-0.2, -0.15) is 0 Å². The third-order valence-electron chi connectivity index (χ3n) is 18.7. The molecule has 3 N–H and O–H groups in total. The number of unbranched alkanes of at least 4 members (excludes halogenated alkanes) is 44. The van der Waals surface area contributed by atoms with Crippen molar-refractivity contribution in [2.45, 2.75) is 426 Å². The van der Waals surface area contributed by atoms with E-state index in [2.05, 4.69) is 48.5 Å². The molecule has 0 radical (unpaired) electrons. The highest BCUT2D eigenvalue weighted by molar-refractivity contribution is 7.47. The minimum absolute atomic E-state index is 0.106. The molecule has 19 heteroatoms. The third-order valence-corrected chi connectivity index (χ3v) is 20.6. The first-order valence-electron chi connectivity index (χ1n) is 40.9. The van der Waals surface area contributed by atoms with Crippen molar-refractivity contribution in [3.8, 4) is 0 Å². The SMILES string of the molecule is CCCCCCCCCCCC(=O)OC[C@H](COP(=O)(O)OC[C@H](O)COP(=O)(O)OC[C@@H](COC(=O)CCCCCCCCCCCCCCCCC(C)C)OC(=O)CCCCCCCCCCCCCCCCCC(C)C)OC(=O)CCCCCCCCCCCCC(C)CC. The van der Waals surface area contributed by atoms with Gasteiger partial charge in [-0.05, 0) is 43.4 Å². The van der Waals surface area contributed by atoms with Crippen molar-refractivity contribution < 1.29 is 80.2 Å². The molecule has 0 rings (SSSR count). The van der Waals surface area contributed by atoms with Gasteiger partial charge in [-0.25, -0.2) is 9.13 Å². The molecule has 0 saturated heterocycles. The number of ether oxygens (including phenoxy) is 4. The number of hydrogen-bond acceptors (Lipinski definition) is 15. The number of aliphatic hydroxyl groups excluding tert-OH is 1. The van der Waals surface area contributed by atoms with Crippen LogP contribution in [0.15, 0.2) is 0 Å². The molecular formula is C79H154O17P2. The molecule has 0 aromatic heterocycles. The Morgan fingerprint density at radius 1 is 0.296 bits per heavy atom. The van der Waals surface area contributed by atoms with Crippen molar-refractivity contribution in [3.63, 3.8) is 0 Å². The molecule has 98 heavy (non-hydrogen) atoms. The lowest BCUT2D eigenvalue weighted by atomic mass is 9.99. The summed E-state index contributed by atoms with van der Waals surface area (Å²) in [4.78, 5) is 72.9. The normalized spacial score (nSPS) is 14.3. The molecule has 0 saturated carbocycles. The van der Waals surface area contributed by atoms with Crippen LogP contribution < -0.4 is 0 Å². The third kappa shape index (κ3) is 71.1. The first-order chi connectivity index (χ1) is 47.3. The fourth-order valence-corrected chi connectivity index (χ4v) is 13.7. The zero-order chi connectivity index (χ0) is 72.3. The molecule has 0 aromatic carbocycles. The van der Waals surface area contributed by atoms with Crippen LogP contribution in [0.4, 0.5) is 0 Å². The standard InChI is InChI=1S/C79H154O17P2/c1-8-10-11-12-13-29-39-46-53-60-76(81)89-66-74(96-79(84)63-56-49-42-35-28-27-32-38-45-52-59-72(7)9-2)68-93-97(85,86)91-64-73(80)65-92-98(87,88)94-69-75(67-90-77(82)61-54-47-40-33-25-21-18-17-20-24-31-37-44-51-58-71(5)6)95-78(83)62-55-48-41-34-26-22-16-14-15-19-23-30-36-43-50-57-70(3)4/h70-75,80H,8-69H2,1-7H3,(H,85,86)(H,87,88)/t72?,73-,74+,75+/m0/s1. The number of rotatable bonds is 77. The smallest absolute Gasteiger partial charge is 0.462 e. The highest BCUT2D eigenvalue weighted by Crippen LogP contribution is 2.45. The zero-order valence-electron chi connectivity index (χ0n) is 64.3. The molecule has 0 aliphatic carbocycles. The van der Waals surface area contributed by atoms with Gasteiger partial charge in [0.05, 0.1) is 26.4 Å². The van der Waals surface area contributed by atoms with Crippen LogP contribution in [-0.2, 0) is 65.4 Å². The van der Waals surface area contributed by atoms with E-state index in [1.54, 1.807) is 0 Å². The summed E-state index contributed by atoms with van der Waals surface area (Å²) in [6, 6.07) is 0. The molecule has 3 unspecified atom stereocenters. The van der Waals surface area contributed by atoms with Gasteiger partial charge in [-0.3, -0.25) is 37.3 Å². The van der Waals surface area contributed by atoms with E-state index in [1.807, 2.05) is 0 Å². The van der Waals surface area contributed by atoms with Gasteiger partial charge in [0.25, 0.3) is 0 Å². The lowest BCUT2D eigenvalue weighted by Gasteiger charge is -2.21. The molecule has 582 valence electrons. The molecule has 17 nitrogen and oxygen atoms in total. The average molecular weight is 1440 g/mol. The number of esters is 4. The second-order valence-electron chi connectivity index (χ2n) is 29.6. The Morgan fingerprint density at radius 2 is 0.520 bits per heavy atom. The first kappa shape index (κ1) is 96.1. The lowest BCUT2D eigenvalue weighted by molar-refractivity contribution is -0.161. The van der Waals surface area contributed by atoms with Gasteiger partial charge in [0.15, 0.2) is 12.2 Å². The molecule has 0 heterocycles. The lowest BCUT2D eigenvalue weighted by Crippen LogP contribution is -2.30. The van der Waals surface area contributed by atoms with Gasteiger partial charge < -0.3 is 33.8 Å². The number of carbonyl (C=O) groups excluding carboxylic acids is 4. The molecule has 0 aromatic rings. The van der Waals surface area contributed by atoms with E-state index in [4.69, 9.17) is 37.0 Å². The van der Waals surface area contributed by atoms with E-state index in [0.717, 1.165) is 108 Å². The highest BCUT2D eigenvalue weighted by Gasteiger charge is 2.30. The van der Waals surface area contributed by atoms with Gasteiger partial charge >= 0.3 is 39.5 Å². The van der Waals surface area contributed by atoms with Crippen LogP contribution in [0.2, 0.25) is 0 Å². The number of carbonyl (C=O) groups is 4. The van der Waals surface area contributed by atoms with Crippen molar-refractivity contribution in [2.24, 2.45) is 17.8 Å². The van der Waals surface area contributed by atoms with Crippen molar-refractivity contribution in [1.82, 2.24) is 0 Å². The summed E-state index contributed by atoms with van der Waals surface area (Å²) in [7, 11) is -9.92. The van der Waals surface area contributed by atoms with E-state index in [9.17, 15) is 43.2 Å². The summed E-state index contributed by atoms with van der Waals surface area (Å²) in [5.74, 6) is 0.291. The molecule has 0 aliphatic heterocycles. The predicted octanol–water partition coefficient (Wildman–Crippen LogP) is 23.4. The summed E-state index contributed by atoms with van der Waals surface area (Å²) >= 11 is 0. The number of hydrogen-bond donors (Lipinski definition) is 3. The van der Waals surface area contributed by atoms with E-state index in [0.29, 0.717) is 25.7 Å². The summed E-state index contributed by atoms with van der Waals surface area (Å²) in [5.41, 5.74) is 0. The van der Waals surface area contributed by atoms with E-state index in [1.165, 1.54) is 218 Å². The quantitative estimate of drug-likeness (QED) is 0.0222. The molecule has 0 spiro atoms. The monoisotopic (exact) mass is 1440 g/mol. The molecular weight excluding hydrogens is 1280 g/mol. The maximum atomic E-state index is 13.1. The Morgan fingerprint density at radius 3 is 0.776 bits per heavy atom.